The van der Waals surface area contributed by atoms with Crippen LogP contribution >= 0.6 is 11.6 Å². The fourth-order valence-electron chi connectivity index (χ4n) is 1.68. The minimum Gasteiger partial charge on any atom is -0.278 e. The van der Waals surface area contributed by atoms with Crippen molar-refractivity contribution in [2.75, 3.05) is 4.72 Å². The number of primary sulfonamides is 1. The topological polar surface area (TPSA) is 106 Å². The van der Waals surface area contributed by atoms with Crippen molar-refractivity contribution in [2.24, 2.45) is 5.14 Å². The fourth-order valence-corrected chi connectivity index (χ4v) is 3.51. The summed E-state index contributed by atoms with van der Waals surface area (Å²) in [4.78, 5) is -0.200. The van der Waals surface area contributed by atoms with Gasteiger partial charge in [0.15, 0.2) is 0 Å². The van der Waals surface area contributed by atoms with Gasteiger partial charge in [-0.05, 0) is 37.3 Å². The Labute approximate surface area is 134 Å². The molecule has 0 saturated heterocycles. The maximum Gasteiger partial charge on any atom is 0.261 e. The molecule has 2 rings (SSSR count). The lowest BCUT2D eigenvalue weighted by Crippen LogP contribution is -2.15. The molecule has 0 radical (unpaired) electrons. The number of sulfonamides is 2. The molecule has 0 unspecified atom stereocenters. The highest BCUT2D eigenvalue weighted by atomic mass is 35.5. The van der Waals surface area contributed by atoms with Crippen molar-refractivity contribution < 1.29 is 16.8 Å². The summed E-state index contributed by atoms with van der Waals surface area (Å²) in [7, 11) is -7.85. The Morgan fingerprint density at radius 2 is 1.50 bits per heavy atom. The first-order valence-electron chi connectivity index (χ1n) is 6.01. The number of nitrogens with one attached hydrogen (secondary N) is 1. The normalized spacial score (nSPS) is 12.1. The predicted octanol–water partition coefficient (Wildman–Crippen LogP) is 2.10. The monoisotopic (exact) mass is 360 g/mol. The average molecular weight is 361 g/mol. The van der Waals surface area contributed by atoms with E-state index in [1.54, 1.807) is 12.1 Å². The SMILES string of the molecule is Cc1ccc(S(=O)(=O)Nc2cc(S(N)(=O)=O)ccc2Cl)cc1. The number of nitrogens with two attached hydrogens (primary N) is 1. The average Bonchev–Trinajstić information content (AvgIpc) is 2.40. The number of benzene rings is 2. The molecule has 0 aromatic heterocycles. The Kier molecular flexibility index (Phi) is 4.48. The molecule has 0 aliphatic rings. The van der Waals surface area contributed by atoms with Crippen LogP contribution in [0.4, 0.5) is 5.69 Å². The molecule has 2 aromatic carbocycles. The van der Waals surface area contributed by atoms with Gasteiger partial charge in [0.1, 0.15) is 0 Å². The lowest BCUT2D eigenvalue weighted by Gasteiger charge is -2.11. The first-order valence-corrected chi connectivity index (χ1v) is 9.42. The quantitative estimate of drug-likeness (QED) is 0.870. The van der Waals surface area contributed by atoms with Gasteiger partial charge >= 0.3 is 0 Å². The van der Waals surface area contributed by atoms with Crippen LogP contribution in [-0.4, -0.2) is 16.8 Å². The summed E-state index contributed by atoms with van der Waals surface area (Å²) in [6, 6.07) is 9.71. The summed E-state index contributed by atoms with van der Waals surface area (Å²) in [5.41, 5.74) is 0.849. The van der Waals surface area contributed by atoms with Gasteiger partial charge in [0.25, 0.3) is 10.0 Å². The molecule has 3 N–H and O–H groups in total. The summed E-state index contributed by atoms with van der Waals surface area (Å²) in [5, 5.41) is 5.08. The minimum atomic E-state index is -3.96. The molecule has 0 saturated carbocycles. The van der Waals surface area contributed by atoms with Gasteiger partial charge in [-0.15, -0.1) is 0 Å². The van der Waals surface area contributed by atoms with E-state index in [4.69, 9.17) is 16.7 Å². The van der Waals surface area contributed by atoms with Crippen LogP contribution in [0.3, 0.4) is 0 Å². The largest absolute Gasteiger partial charge is 0.278 e. The van der Waals surface area contributed by atoms with Gasteiger partial charge in [-0.1, -0.05) is 29.3 Å². The summed E-state index contributed by atoms with van der Waals surface area (Å²) >= 11 is 5.90. The summed E-state index contributed by atoms with van der Waals surface area (Å²) < 4.78 is 49.5. The van der Waals surface area contributed by atoms with Crippen LogP contribution in [0.5, 0.6) is 0 Å². The maximum absolute atomic E-state index is 12.3. The summed E-state index contributed by atoms with van der Waals surface area (Å²) in [5.74, 6) is 0. The van der Waals surface area contributed by atoms with E-state index in [2.05, 4.69) is 4.72 Å². The Bertz CT molecular complexity index is 908. The van der Waals surface area contributed by atoms with Crippen LogP contribution < -0.4 is 9.86 Å². The second kappa shape index (κ2) is 5.88. The Morgan fingerprint density at radius 1 is 0.955 bits per heavy atom. The van der Waals surface area contributed by atoms with E-state index in [1.807, 2.05) is 6.92 Å². The highest BCUT2D eigenvalue weighted by molar-refractivity contribution is 7.92. The Morgan fingerprint density at radius 3 is 2.05 bits per heavy atom. The molecule has 22 heavy (non-hydrogen) atoms. The number of halogens is 1. The highest BCUT2D eigenvalue weighted by Gasteiger charge is 2.17. The third-order valence-corrected chi connectivity index (χ3v) is 5.46. The van der Waals surface area contributed by atoms with E-state index < -0.39 is 20.0 Å². The van der Waals surface area contributed by atoms with Gasteiger partial charge in [0.2, 0.25) is 10.0 Å². The predicted molar refractivity (Wildman–Crippen MR) is 84.8 cm³/mol. The summed E-state index contributed by atoms with van der Waals surface area (Å²) in [6.07, 6.45) is 0. The van der Waals surface area contributed by atoms with Crippen molar-refractivity contribution in [3.05, 3.63) is 53.1 Å². The van der Waals surface area contributed by atoms with E-state index in [0.717, 1.165) is 11.6 Å². The molecule has 118 valence electrons. The molecular formula is C13H13ClN2O4S2. The molecule has 0 bridgehead atoms. The number of hydrogen-bond acceptors (Lipinski definition) is 4. The van der Waals surface area contributed by atoms with Gasteiger partial charge in [-0.25, -0.2) is 22.0 Å². The molecule has 0 atom stereocenters. The zero-order chi connectivity index (χ0) is 16.5. The van der Waals surface area contributed by atoms with Crippen LogP contribution in [0, 0.1) is 6.92 Å². The summed E-state index contributed by atoms with van der Waals surface area (Å²) in [6.45, 7) is 1.83. The van der Waals surface area contributed by atoms with Crippen molar-refractivity contribution >= 4 is 37.3 Å². The minimum absolute atomic E-state index is 0.0372. The lowest BCUT2D eigenvalue weighted by atomic mass is 10.2. The molecule has 0 spiro atoms. The lowest BCUT2D eigenvalue weighted by molar-refractivity contribution is 0.596. The van der Waals surface area contributed by atoms with Crippen molar-refractivity contribution in [2.45, 2.75) is 16.7 Å². The smallest absolute Gasteiger partial charge is 0.261 e. The van der Waals surface area contributed by atoms with Crippen molar-refractivity contribution in [3.8, 4) is 0 Å². The number of rotatable bonds is 4. The second-order valence-electron chi connectivity index (χ2n) is 4.61. The first kappa shape index (κ1) is 16.8. The fraction of sp³-hybridized carbons (Fsp3) is 0.0769. The number of hydrogen-bond donors (Lipinski definition) is 2. The van der Waals surface area contributed by atoms with Gasteiger partial charge in [-0.2, -0.15) is 0 Å². The molecule has 9 heteroatoms. The van der Waals surface area contributed by atoms with Crippen molar-refractivity contribution in [1.29, 1.82) is 0 Å². The molecule has 6 nitrogen and oxygen atoms in total. The standard InChI is InChI=1S/C13H13ClN2O4S2/c1-9-2-4-10(5-3-9)22(19,20)16-13-8-11(21(15,17)18)6-7-12(13)14/h2-8,16H,1H3,(H2,15,17,18). The van der Waals surface area contributed by atoms with Crippen molar-refractivity contribution in [1.82, 2.24) is 0 Å². The van der Waals surface area contributed by atoms with Gasteiger partial charge in [-0.3, -0.25) is 4.72 Å². The third-order valence-electron chi connectivity index (χ3n) is 2.84. The van der Waals surface area contributed by atoms with Crippen LogP contribution in [0.1, 0.15) is 5.56 Å². The van der Waals surface area contributed by atoms with E-state index in [-0.39, 0.29) is 20.5 Å². The molecule has 0 heterocycles. The van der Waals surface area contributed by atoms with Crippen LogP contribution in [0.15, 0.2) is 52.3 Å². The zero-order valence-corrected chi connectivity index (χ0v) is 13.8. The van der Waals surface area contributed by atoms with Crippen LogP contribution in [0.25, 0.3) is 0 Å². The van der Waals surface area contributed by atoms with E-state index in [0.29, 0.717) is 0 Å². The third kappa shape index (κ3) is 3.77. The molecule has 2 aromatic rings. The Balaban J connectivity index is 2.43. The molecule has 0 fully saturated rings. The van der Waals surface area contributed by atoms with Gasteiger partial charge in [0, 0.05) is 0 Å². The molecule has 0 aliphatic heterocycles. The van der Waals surface area contributed by atoms with Gasteiger partial charge < -0.3 is 0 Å². The molecule has 0 amide bonds. The highest BCUT2D eigenvalue weighted by Crippen LogP contribution is 2.27. The van der Waals surface area contributed by atoms with E-state index >= 15 is 0 Å². The maximum atomic E-state index is 12.3. The van der Waals surface area contributed by atoms with Crippen molar-refractivity contribution in [3.63, 3.8) is 0 Å². The van der Waals surface area contributed by atoms with Crippen LogP contribution in [-0.2, 0) is 20.0 Å². The van der Waals surface area contributed by atoms with E-state index in [9.17, 15) is 16.8 Å². The molecular weight excluding hydrogens is 348 g/mol. The Hall–Kier alpha value is -1.61. The number of anilines is 1. The second-order valence-corrected chi connectivity index (χ2v) is 8.26. The number of aryl methyl sites for hydroxylation is 1. The first-order chi connectivity index (χ1) is 10.1. The van der Waals surface area contributed by atoms with Gasteiger partial charge in [0.05, 0.1) is 20.5 Å². The zero-order valence-electron chi connectivity index (χ0n) is 11.4. The van der Waals surface area contributed by atoms with Crippen LogP contribution in [0.2, 0.25) is 5.02 Å². The molecule has 0 aliphatic carbocycles. The van der Waals surface area contributed by atoms with E-state index in [1.165, 1.54) is 24.3 Å².